The molecular weight excluding hydrogens is 1430 g/mol. The molecule has 15 rings (SSSR count). The molecule has 24 nitrogen and oxygen atoms in total. The quantitative estimate of drug-likeness (QED) is 0.0521. The highest BCUT2D eigenvalue weighted by Crippen LogP contribution is 2.56. The number of nitrogens with one attached hydrogen (secondary N) is 3. The molecule has 0 radical (unpaired) electrons. The molecule has 6 N–H and O–H groups in total. The lowest BCUT2D eigenvalue weighted by Gasteiger charge is -2.35. The summed E-state index contributed by atoms with van der Waals surface area (Å²) in [5.41, 5.74) is -9.63. The summed E-state index contributed by atoms with van der Waals surface area (Å²) in [5.74, 6) is 1.99. The van der Waals surface area contributed by atoms with Crippen molar-refractivity contribution < 1.29 is 83.4 Å². The van der Waals surface area contributed by atoms with Gasteiger partial charge in [-0.2, -0.15) is 39.5 Å². The van der Waals surface area contributed by atoms with Crippen LogP contribution in [0.15, 0.2) is 91.0 Å². The zero-order chi connectivity index (χ0) is 76.7. The summed E-state index contributed by atoms with van der Waals surface area (Å²) in [6.45, 7) is 13.3. The van der Waals surface area contributed by atoms with E-state index in [4.69, 9.17) is 14.2 Å². The highest BCUT2D eigenvalue weighted by Gasteiger charge is 2.56. The minimum Gasteiger partial charge on any atom is -0.378 e. The van der Waals surface area contributed by atoms with Gasteiger partial charge >= 0.3 is 18.5 Å². The minimum absolute atomic E-state index is 0.141. The number of rotatable bonds is 15. The van der Waals surface area contributed by atoms with Crippen molar-refractivity contribution >= 4 is 70.1 Å². The van der Waals surface area contributed by atoms with E-state index in [2.05, 4.69) is 60.6 Å². The summed E-state index contributed by atoms with van der Waals surface area (Å²) in [6.07, 6.45) is -2.35. The van der Waals surface area contributed by atoms with Crippen molar-refractivity contribution in [1.82, 2.24) is 29.9 Å². The lowest BCUT2D eigenvalue weighted by molar-refractivity contribution is -0.260. The van der Waals surface area contributed by atoms with Crippen LogP contribution in [0, 0.1) is 16.2 Å². The topological polar surface area (TPSA) is 272 Å². The predicted molar refractivity (Wildman–Crippen MR) is 385 cm³/mol. The number of anilines is 9. The fourth-order valence-corrected chi connectivity index (χ4v) is 14.4. The highest BCUT2D eigenvalue weighted by molar-refractivity contribution is 6.09. The molecule has 9 aliphatic rings. The van der Waals surface area contributed by atoms with Crippen LogP contribution >= 0.6 is 0 Å². The van der Waals surface area contributed by atoms with Crippen LogP contribution in [0.1, 0.15) is 146 Å². The molecule has 6 saturated heterocycles. The first kappa shape index (κ1) is 77.4. The number of carbonyl (C=O) groups excluding carboxylic acids is 3. The molecule has 33 heteroatoms. The number of piperidine rings is 3. The Morgan fingerprint density at radius 3 is 0.778 bits per heavy atom. The Morgan fingerprint density at radius 2 is 0.565 bits per heavy atom. The molecule has 6 aliphatic heterocycles. The molecule has 9 fully saturated rings. The van der Waals surface area contributed by atoms with E-state index in [1.54, 1.807) is 36.4 Å². The molecular formula is C75H90F9N15O9. The van der Waals surface area contributed by atoms with Crippen molar-refractivity contribution in [3.05, 3.63) is 125 Å². The number of hydrogen-bond acceptors (Lipinski definition) is 21. The van der Waals surface area contributed by atoms with E-state index in [1.165, 1.54) is 18.2 Å². The molecule has 3 spiro atoms. The summed E-state index contributed by atoms with van der Waals surface area (Å²) in [6, 6.07) is 23.0. The van der Waals surface area contributed by atoms with Crippen LogP contribution in [0.25, 0.3) is 0 Å². The Morgan fingerprint density at radius 1 is 0.333 bits per heavy atom. The van der Waals surface area contributed by atoms with E-state index in [0.717, 1.165) is 95.2 Å². The van der Waals surface area contributed by atoms with Crippen LogP contribution in [0.4, 0.5) is 91.9 Å². The lowest BCUT2D eigenvalue weighted by atomic mass is 9.93. The summed E-state index contributed by atoms with van der Waals surface area (Å²) in [5, 5.41) is 39.0. The average Bonchev–Trinajstić information content (AvgIpc) is 1.74. The summed E-state index contributed by atoms with van der Waals surface area (Å²) in [7, 11) is 0. The van der Waals surface area contributed by atoms with Gasteiger partial charge in [0.15, 0.2) is 16.8 Å². The predicted octanol–water partition coefficient (Wildman–Crippen LogP) is 11.1. The van der Waals surface area contributed by atoms with Crippen LogP contribution in [0.3, 0.4) is 0 Å². The molecule has 0 aromatic carbocycles. The largest absolute Gasteiger partial charge is 0.422 e. The van der Waals surface area contributed by atoms with Gasteiger partial charge < -0.3 is 74.9 Å². The van der Waals surface area contributed by atoms with Crippen molar-refractivity contribution in [2.75, 3.05) is 164 Å². The molecule has 12 heterocycles. The number of aromatic nitrogens is 6. The van der Waals surface area contributed by atoms with Gasteiger partial charge in [-0.3, -0.25) is 14.4 Å². The number of nitrogens with zero attached hydrogens (tertiary/aromatic N) is 12. The summed E-state index contributed by atoms with van der Waals surface area (Å²) >= 11 is 0. The molecule has 582 valence electrons. The van der Waals surface area contributed by atoms with Crippen LogP contribution in [0.2, 0.25) is 0 Å². The molecule has 0 bridgehead atoms. The van der Waals surface area contributed by atoms with Gasteiger partial charge in [-0.15, -0.1) is 0 Å². The molecule has 3 amide bonds. The van der Waals surface area contributed by atoms with Gasteiger partial charge in [-0.25, -0.2) is 29.9 Å². The van der Waals surface area contributed by atoms with E-state index >= 15 is 0 Å². The van der Waals surface area contributed by atoms with Gasteiger partial charge in [0.2, 0.25) is 0 Å². The maximum absolute atomic E-state index is 13.5. The number of alkyl halides is 9. The number of halogens is 9. The fraction of sp³-hybridized carbons (Fsp3) is 0.560. The minimum atomic E-state index is -4.91. The van der Waals surface area contributed by atoms with Crippen molar-refractivity contribution in [2.45, 2.75) is 133 Å². The first-order valence-corrected chi connectivity index (χ1v) is 36.7. The second-order valence-corrected chi connectivity index (χ2v) is 30.2. The van der Waals surface area contributed by atoms with E-state index in [9.17, 15) is 69.2 Å². The molecule has 6 aromatic heterocycles. The summed E-state index contributed by atoms with van der Waals surface area (Å²) in [4.78, 5) is 77.9. The fourth-order valence-electron chi connectivity index (χ4n) is 14.4. The van der Waals surface area contributed by atoms with Crippen LogP contribution in [0.5, 0.6) is 0 Å². The van der Waals surface area contributed by atoms with Gasteiger partial charge in [0.25, 0.3) is 17.7 Å². The average molecular weight is 1520 g/mol. The number of pyridine rings is 6. The third-order valence-electron chi connectivity index (χ3n) is 22.7. The second-order valence-electron chi connectivity index (χ2n) is 30.2. The molecule has 108 heavy (non-hydrogen) atoms. The van der Waals surface area contributed by atoms with Crippen molar-refractivity contribution in [1.29, 1.82) is 0 Å². The summed E-state index contributed by atoms with van der Waals surface area (Å²) < 4.78 is 138. The van der Waals surface area contributed by atoms with E-state index in [-0.39, 0.29) is 34.1 Å². The van der Waals surface area contributed by atoms with Gasteiger partial charge in [0.05, 0.1) is 73.4 Å². The zero-order valence-corrected chi connectivity index (χ0v) is 60.4. The Bertz CT molecular complexity index is 3780. The Balaban J connectivity index is 0.000000143. The van der Waals surface area contributed by atoms with Crippen molar-refractivity contribution in [2.24, 2.45) is 16.2 Å². The number of carbonyl (C=O) groups is 3. The molecule has 3 aliphatic carbocycles. The number of morpholine rings is 3. The molecule has 3 saturated carbocycles. The van der Waals surface area contributed by atoms with E-state index in [1.807, 2.05) is 32.9 Å². The molecule has 6 aromatic rings. The monoisotopic (exact) mass is 1520 g/mol. The molecule has 1 unspecified atom stereocenters. The Labute approximate surface area is 618 Å². The first-order chi connectivity index (χ1) is 51.2. The van der Waals surface area contributed by atoms with Gasteiger partial charge in [0, 0.05) is 78.5 Å². The Kier molecular flexibility index (Phi) is 21.9. The number of ether oxygens (including phenoxy) is 3. The SMILES string of the molecule is CC(O)(c1ccc(C(=O)Nc2cccc(N3CCOCC3)n2)c(N2CCC3(CC2)CC3)n1)C(F)(F)F.C[C@@](O)(c1ccc(C(=O)Nc2cccc(N3CCOCC3)n2)c(N2CCC3(CC2)CC3)n1)C(F)(F)F.C[C@](O)(c1ccc(C(=O)Nc2cccc(N3CCOCC3)n2)c(N2CCC3(CC2)CC3)n1)C(F)(F)F. The molecule has 3 atom stereocenters. The van der Waals surface area contributed by atoms with Crippen LogP contribution in [-0.4, -0.2) is 200 Å². The van der Waals surface area contributed by atoms with E-state index in [0.29, 0.717) is 190 Å². The van der Waals surface area contributed by atoms with E-state index < -0.39 is 70.1 Å². The second kappa shape index (κ2) is 30.6. The maximum Gasteiger partial charge on any atom is 0.422 e. The third kappa shape index (κ3) is 17.3. The van der Waals surface area contributed by atoms with Crippen LogP contribution in [-0.2, 0) is 31.0 Å². The number of amides is 3. The van der Waals surface area contributed by atoms with Gasteiger partial charge in [0.1, 0.15) is 52.4 Å². The number of aliphatic hydroxyl groups is 3. The van der Waals surface area contributed by atoms with Gasteiger partial charge in [-0.05, 0) is 187 Å². The van der Waals surface area contributed by atoms with Gasteiger partial charge in [-0.1, -0.05) is 18.2 Å². The first-order valence-electron chi connectivity index (χ1n) is 36.7. The standard InChI is InChI=1S/3C25H30F3N5O3/c3*1-23(35,25(26,27)28)18-6-5-17(21(29-18)33-11-9-24(7-8-24)10-12-33)22(34)31-19-3-2-4-20(30-19)32-13-15-36-16-14-32/h3*2-6,35H,7-16H2,1H3,(H,30,31,34)/t2*23-;/m10./s1. The smallest absolute Gasteiger partial charge is 0.378 e. The van der Waals surface area contributed by atoms with Crippen molar-refractivity contribution in [3.8, 4) is 0 Å². The zero-order valence-electron chi connectivity index (χ0n) is 60.4. The normalized spacial score (nSPS) is 21.2. The van der Waals surface area contributed by atoms with Crippen molar-refractivity contribution in [3.63, 3.8) is 0 Å². The number of hydrogen-bond donors (Lipinski definition) is 6. The lowest BCUT2D eigenvalue weighted by Crippen LogP contribution is -2.41. The highest BCUT2D eigenvalue weighted by atomic mass is 19.4. The third-order valence-corrected chi connectivity index (χ3v) is 22.7. The maximum atomic E-state index is 13.5. The Hall–Kier alpha value is -8.76. The van der Waals surface area contributed by atoms with Crippen LogP contribution < -0.4 is 45.3 Å².